The van der Waals surface area contributed by atoms with E-state index in [0.29, 0.717) is 23.2 Å². The van der Waals surface area contributed by atoms with Crippen molar-refractivity contribution in [3.8, 4) is 5.75 Å². The number of rotatable bonds is 5. The Morgan fingerprint density at radius 1 is 1.05 bits per heavy atom. The van der Waals surface area contributed by atoms with E-state index in [1.54, 1.807) is 12.1 Å². The van der Waals surface area contributed by atoms with Crippen molar-refractivity contribution >= 4 is 28.9 Å². The minimum atomic E-state index is 0.632. The molecule has 0 bridgehead atoms. The third-order valence-corrected chi connectivity index (χ3v) is 3.26. The maximum atomic E-state index is 6.11. The fourth-order valence-corrected chi connectivity index (χ4v) is 2.09. The molecule has 0 heterocycles. The van der Waals surface area contributed by atoms with Crippen LogP contribution in [0.25, 0.3) is 0 Å². The molecule has 2 rings (SSSR count). The number of hydrogen-bond donors (Lipinski definition) is 1. The molecule has 1 N–H and O–H groups in total. The summed E-state index contributed by atoms with van der Waals surface area (Å²) >= 11 is 12.1. The molecule has 0 saturated carbocycles. The second-order valence-electron chi connectivity index (χ2n) is 4.05. The topological polar surface area (TPSA) is 21.3 Å². The quantitative estimate of drug-likeness (QED) is 0.838. The van der Waals surface area contributed by atoms with Crippen molar-refractivity contribution in [1.29, 1.82) is 0 Å². The Hall–Kier alpha value is -1.38. The molecule has 0 radical (unpaired) electrons. The molecule has 2 aromatic rings. The Morgan fingerprint density at radius 3 is 2.47 bits per heavy atom. The molecule has 100 valence electrons. The zero-order valence-electron chi connectivity index (χ0n) is 10.6. The first-order valence-corrected chi connectivity index (χ1v) is 6.85. The van der Waals surface area contributed by atoms with Gasteiger partial charge in [0.15, 0.2) is 0 Å². The van der Waals surface area contributed by atoms with E-state index in [4.69, 9.17) is 27.9 Å². The van der Waals surface area contributed by atoms with Crippen molar-refractivity contribution in [1.82, 2.24) is 0 Å². The maximum absolute atomic E-state index is 6.11. The van der Waals surface area contributed by atoms with E-state index in [1.807, 2.05) is 37.3 Å². The first-order valence-electron chi connectivity index (χ1n) is 6.09. The predicted octanol–water partition coefficient (Wildman–Crippen LogP) is 5.00. The molecular formula is C15H15Cl2NO. The zero-order chi connectivity index (χ0) is 13.7. The molecule has 0 atom stereocenters. The maximum Gasteiger partial charge on any atom is 0.119 e. The number of benzene rings is 2. The van der Waals surface area contributed by atoms with Gasteiger partial charge in [0.2, 0.25) is 0 Å². The van der Waals surface area contributed by atoms with Crippen molar-refractivity contribution in [2.75, 3.05) is 11.9 Å². The average Bonchev–Trinajstić information content (AvgIpc) is 2.42. The van der Waals surface area contributed by atoms with Crippen LogP contribution in [0.2, 0.25) is 10.0 Å². The molecule has 19 heavy (non-hydrogen) atoms. The molecule has 0 saturated heterocycles. The summed E-state index contributed by atoms with van der Waals surface area (Å²) in [6.45, 7) is 3.27. The number of ether oxygens (including phenoxy) is 1. The van der Waals surface area contributed by atoms with Crippen molar-refractivity contribution < 1.29 is 4.74 Å². The van der Waals surface area contributed by atoms with Crippen molar-refractivity contribution in [2.45, 2.75) is 13.5 Å². The molecule has 2 aromatic carbocycles. The third-order valence-electron chi connectivity index (χ3n) is 2.66. The van der Waals surface area contributed by atoms with Gasteiger partial charge in [0.25, 0.3) is 0 Å². The van der Waals surface area contributed by atoms with Crippen LogP contribution >= 0.6 is 23.2 Å². The SMILES string of the molecule is CCOc1ccc(NCc2cc(Cl)ccc2Cl)cc1. The van der Waals surface area contributed by atoms with E-state index in [-0.39, 0.29) is 0 Å². The van der Waals surface area contributed by atoms with Crippen LogP contribution in [0, 0.1) is 0 Å². The second kappa shape index (κ2) is 6.69. The molecule has 0 amide bonds. The van der Waals surface area contributed by atoms with E-state index in [1.165, 1.54) is 0 Å². The first-order chi connectivity index (χ1) is 9.19. The van der Waals surface area contributed by atoms with Gasteiger partial charge in [0, 0.05) is 22.3 Å². The van der Waals surface area contributed by atoms with Crippen LogP contribution in [0.15, 0.2) is 42.5 Å². The summed E-state index contributed by atoms with van der Waals surface area (Å²) in [6, 6.07) is 13.3. The summed E-state index contributed by atoms with van der Waals surface area (Å²) in [5.41, 5.74) is 1.99. The Bertz CT molecular complexity index is 540. The van der Waals surface area contributed by atoms with Gasteiger partial charge in [-0.1, -0.05) is 23.2 Å². The molecule has 0 fully saturated rings. The molecule has 0 unspecified atom stereocenters. The Labute approximate surface area is 123 Å². The van der Waals surface area contributed by atoms with Gasteiger partial charge in [-0.15, -0.1) is 0 Å². The molecule has 0 aliphatic rings. The van der Waals surface area contributed by atoms with Crippen molar-refractivity contribution in [3.63, 3.8) is 0 Å². The zero-order valence-corrected chi connectivity index (χ0v) is 12.1. The minimum absolute atomic E-state index is 0.632. The minimum Gasteiger partial charge on any atom is -0.494 e. The van der Waals surface area contributed by atoms with Crippen molar-refractivity contribution in [2.24, 2.45) is 0 Å². The lowest BCUT2D eigenvalue weighted by molar-refractivity contribution is 0.340. The van der Waals surface area contributed by atoms with Crippen LogP contribution in [0.5, 0.6) is 5.75 Å². The Kier molecular flexibility index (Phi) is 4.94. The highest BCUT2D eigenvalue weighted by molar-refractivity contribution is 6.33. The highest BCUT2D eigenvalue weighted by Crippen LogP contribution is 2.22. The highest BCUT2D eigenvalue weighted by Gasteiger charge is 2.01. The summed E-state index contributed by atoms with van der Waals surface area (Å²) in [6.07, 6.45) is 0. The van der Waals surface area contributed by atoms with E-state index in [2.05, 4.69) is 5.32 Å². The van der Waals surface area contributed by atoms with Gasteiger partial charge in [0.1, 0.15) is 5.75 Å². The van der Waals surface area contributed by atoms with Gasteiger partial charge in [-0.2, -0.15) is 0 Å². The molecule has 0 spiro atoms. The molecule has 2 nitrogen and oxygen atoms in total. The molecule has 0 aromatic heterocycles. The van der Waals surface area contributed by atoms with Gasteiger partial charge in [-0.3, -0.25) is 0 Å². The smallest absolute Gasteiger partial charge is 0.119 e. The number of nitrogens with one attached hydrogen (secondary N) is 1. The fourth-order valence-electron chi connectivity index (χ4n) is 1.71. The number of hydrogen-bond acceptors (Lipinski definition) is 2. The van der Waals surface area contributed by atoms with Gasteiger partial charge in [-0.25, -0.2) is 0 Å². The molecule has 0 aliphatic heterocycles. The summed E-state index contributed by atoms with van der Waals surface area (Å²) in [7, 11) is 0. The Morgan fingerprint density at radius 2 is 1.79 bits per heavy atom. The lowest BCUT2D eigenvalue weighted by atomic mass is 10.2. The average molecular weight is 296 g/mol. The van der Waals surface area contributed by atoms with Gasteiger partial charge < -0.3 is 10.1 Å². The second-order valence-corrected chi connectivity index (χ2v) is 4.89. The molecular weight excluding hydrogens is 281 g/mol. The lowest BCUT2D eigenvalue weighted by Gasteiger charge is -2.09. The Balaban J connectivity index is 2.00. The fraction of sp³-hybridized carbons (Fsp3) is 0.200. The molecule has 4 heteroatoms. The van der Waals surface area contributed by atoms with Crippen LogP contribution < -0.4 is 10.1 Å². The van der Waals surface area contributed by atoms with Gasteiger partial charge >= 0.3 is 0 Å². The normalized spacial score (nSPS) is 10.3. The van der Waals surface area contributed by atoms with Crippen LogP contribution in [0.4, 0.5) is 5.69 Å². The van der Waals surface area contributed by atoms with E-state index < -0.39 is 0 Å². The van der Waals surface area contributed by atoms with Crippen LogP contribution in [0.1, 0.15) is 12.5 Å². The van der Waals surface area contributed by atoms with Crippen LogP contribution in [-0.2, 0) is 6.54 Å². The summed E-state index contributed by atoms with van der Waals surface area (Å²) < 4.78 is 5.39. The summed E-state index contributed by atoms with van der Waals surface area (Å²) in [5.74, 6) is 0.869. The molecule has 0 aliphatic carbocycles. The predicted molar refractivity (Wildman–Crippen MR) is 81.4 cm³/mol. The largest absolute Gasteiger partial charge is 0.494 e. The standard InChI is InChI=1S/C15H15Cl2NO/c1-2-19-14-6-4-13(5-7-14)18-10-11-9-12(16)3-8-15(11)17/h3-9,18H,2,10H2,1H3. The van der Waals surface area contributed by atoms with E-state index >= 15 is 0 Å². The van der Waals surface area contributed by atoms with E-state index in [0.717, 1.165) is 17.0 Å². The number of anilines is 1. The van der Waals surface area contributed by atoms with Crippen LogP contribution in [-0.4, -0.2) is 6.61 Å². The first kappa shape index (κ1) is 14.0. The number of halogens is 2. The van der Waals surface area contributed by atoms with Crippen molar-refractivity contribution in [3.05, 3.63) is 58.1 Å². The van der Waals surface area contributed by atoms with E-state index in [9.17, 15) is 0 Å². The van der Waals surface area contributed by atoms with Crippen LogP contribution in [0.3, 0.4) is 0 Å². The summed E-state index contributed by atoms with van der Waals surface area (Å²) in [5, 5.41) is 4.70. The van der Waals surface area contributed by atoms with Gasteiger partial charge in [0.05, 0.1) is 6.61 Å². The third kappa shape index (κ3) is 4.05. The monoisotopic (exact) mass is 295 g/mol. The highest BCUT2D eigenvalue weighted by atomic mass is 35.5. The summed E-state index contributed by atoms with van der Waals surface area (Å²) in [4.78, 5) is 0. The van der Waals surface area contributed by atoms with Gasteiger partial charge in [-0.05, 0) is 55.0 Å². The lowest BCUT2D eigenvalue weighted by Crippen LogP contribution is -2.00.